The Morgan fingerprint density at radius 3 is 2.30 bits per heavy atom. The summed E-state index contributed by atoms with van der Waals surface area (Å²) in [4.78, 5) is 0. The average Bonchev–Trinajstić information content (AvgIpc) is 2.90. The molecule has 0 aliphatic carbocycles. The lowest BCUT2D eigenvalue weighted by molar-refractivity contribution is 0.659. The minimum absolute atomic E-state index is 0.518. The maximum atomic E-state index is 5.50. The molecule has 4 nitrogen and oxygen atoms in total. The molecule has 0 fully saturated rings. The van der Waals surface area contributed by atoms with Crippen LogP contribution in [0.2, 0.25) is 0 Å². The number of thiocarbonyl (C=S) groups is 1. The zero-order chi connectivity index (χ0) is 19.4. The Bertz CT molecular complexity index is 911. The fourth-order valence-corrected chi connectivity index (χ4v) is 3.24. The van der Waals surface area contributed by atoms with Crippen molar-refractivity contribution in [3.05, 3.63) is 77.1 Å². The standard InChI is InChI=1S/C22H26N4S/c1-15(2)19-10-12-20(13-11-19)23-22(27)24-21-16(3)25-26(17(21)4)14-18-8-6-5-7-9-18/h5-13,15H,14H2,1-4H3,(H2,23,24,27). The second kappa shape index (κ2) is 8.35. The first-order chi connectivity index (χ1) is 12.9. The van der Waals surface area contributed by atoms with E-state index < -0.39 is 0 Å². The summed E-state index contributed by atoms with van der Waals surface area (Å²) >= 11 is 5.50. The minimum atomic E-state index is 0.518. The summed E-state index contributed by atoms with van der Waals surface area (Å²) < 4.78 is 2.01. The topological polar surface area (TPSA) is 41.9 Å². The monoisotopic (exact) mass is 378 g/mol. The van der Waals surface area contributed by atoms with E-state index in [2.05, 4.69) is 72.9 Å². The molecule has 0 bridgehead atoms. The molecule has 1 aromatic heterocycles. The van der Waals surface area contributed by atoms with Crippen LogP contribution in [0.5, 0.6) is 0 Å². The molecule has 0 spiro atoms. The van der Waals surface area contributed by atoms with Crippen LogP contribution in [0.4, 0.5) is 11.4 Å². The van der Waals surface area contributed by atoms with Gasteiger partial charge in [0.2, 0.25) is 0 Å². The molecule has 27 heavy (non-hydrogen) atoms. The van der Waals surface area contributed by atoms with Crippen LogP contribution in [0.1, 0.15) is 42.3 Å². The molecular formula is C22H26N4S. The van der Waals surface area contributed by atoms with Gasteiger partial charge in [-0.15, -0.1) is 0 Å². The van der Waals surface area contributed by atoms with E-state index >= 15 is 0 Å². The van der Waals surface area contributed by atoms with Crippen LogP contribution in [0.25, 0.3) is 0 Å². The SMILES string of the molecule is Cc1nn(Cc2ccccc2)c(C)c1NC(=S)Nc1ccc(C(C)C)cc1. The Morgan fingerprint density at radius 1 is 1.00 bits per heavy atom. The highest BCUT2D eigenvalue weighted by atomic mass is 32.1. The first-order valence-corrected chi connectivity index (χ1v) is 9.60. The van der Waals surface area contributed by atoms with Crippen LogP contribution < -0.4 is 10.6 Å². The normalized spacial score (nSPS) is 10.9. The highest BCUT2D eigenvalue weighted by Gasteiger charge is 2.13. The lowest BCUT2D eigenvalue weighted by Crippen LogP contribution is -2.20. The van der Waals surface area contributed by atoms with E-state index in [0.717, 1.165) is 29.3 Å². The number of hydrogen-bond acceptors (Lipinski definition) is 2. The fourth-order valence-electron chi connectivity index (χ4n) is 3.02. The van der Waals surface area contributed by atoms with E-state index in [-0.39, 0.29) is 0 Å². The van der Waals surface area contributed by atoms with E-state index in [1.807, 2.05) is 29.8 Å². The second-order valence-electron chi connectivity index (χ2n) is 7.04. The first kappa shape index (κ1) is 19.1. The molecular weight excluding hydrogens is 352 g/mol. The summed E-state index contributed by atoms with van der Waals surface area (Å²) in [5, 5.41) is 11.8. The smallest absolute Gasteiger partial charge is 0.175 e. The number of hydrogen-bond donors (Lipinski definition) is 2. The Hall–Kier alpha value is -2.66. The summed E-state index contributed by atoms with van der Waals surface area (Å²) in [6, 6.07) is 18.7. The van der Waals surface area contributed by atoms with Gasteiger partial charge >= 0.3 is 0 Å². The molecule has 0 amide bonds. The van der Waals surface area contributed by atoms with Crippen molar-refractivity contribution in [1.82, 2.24) is 9.78 Å². The Labute approximate surface area is 166 Å². The first-order valence-electron chi connectivity index (χ1n) is 9.20. The molecule has 2 aromatic carbocycles. The Kier molecular flexibility index (Phi) is 5.91. The third-order valence-electron chi connectivity index (χ3n) is 4.63. The number of aromatic nitrogens is 2. The van der Waals surface area contributed by atoms with Crippen LogP contribution >= 0.6 is 12.2 Å². The summed E-state index contributed by atoms with van der Waals surface area (Å²) in [6.45, 7) is 9.18. The molecule has 140 valence electrons. The van der Waals surface area contributed by atoms with E-state index in [1.54, 1.807) is 0 Å². The van der Waals surface area contributed by atoms with Crippen LogP contribution in [-0.2, 0) is 6.54 Å². The fraction of sp³-hybridized carbons (Fsp3) is 0.273. The number of anilines is 2. The predicted molar refractivity (Wildman–Crippen MR) is 118 cm³/mol. The maximum absolute atomic E-state index is 5.50. The van der Waals surface area contributed by atoms with Gasteiger partial charge in [0.05, 0.1) is 23.6 Å². The molecule has 1 heterocycles. The number of nitrogens with one attached hydrogen (secondary N) is 2. The van der Waals surface area contributed by atoms with Crippen molar-refractivity contribution in [1.29, 1.82) is 0 Å². The maximum Gasteiger partial charge on any atom is 0.175 e. The van der Waals surface area contributed by atoms with Gasteiger partial charge < -0.3 is 10.6 Å². The van der Waals surface area contributed by atoms with Gasteiger partial charge in [0.1, 0.15) is 0 Å². The van der Waals surface area contributed by atoms with E-state index in [1.165, 1.54) is 11.1 Å². The van der Waals surface area contributed by atoms with Crippen LogP contribution in [0, 0.1) is 13.8 Å². The molecule has 2 N–H and O–H groups in total. The highest BCUT2D eigenvalue weighted by Crippen LogP contribution is 2.22. The van der Waals surface area contributed by atoms with Crippen molar-refractivity contribution < 1.29 is 0 Å². The number of aryl methyl sites for hydroxylation is 1. The van der Waals surface area contributed by atoms with Crippen molar-refractivity contribution in [2.24, 2.45) is 0 Å². The van der Waals surface area contributed by atoms with Gasteiger partial charge in [-0.25, -0.2) is 0 Å². The van der Waals surface area contributed by atoms with Gasteiger partial charge in [0, 0.05) is 5.69 Å². The molecule has 3 rings (SSSR count). The summed E-state index contributed by atoms with van der Waals surface area (Å²) in [6.07, 6.45) is 0. The molecule has 0 radical (unpaired) electrons. The zero-order valence-corrected chi connectivity index (χ0v) is 17.1. The van der Waals surface area contributed by atoms with Gasteiger partial charge in [-0.1, -0.05) is 56.3 Å². The molecule has 3 aromatic rings. The largest absolute Gasteiger partial charge is 0.332 e. The molecule has 0 saturated heterocycles. The van der Waals surface area contributed by atoms with E-state index in [0.29, 0.717) is 11.0 Å². The third kappa shape index (κ3) is 4.74. The minimum Gasteiger partial charge on any atom is -0.332 e. The highest BCUT2D eigenvalue weighted by molar-refractivity contribution is 7.80. The summed E-state index contributed by atoms with van der Waals surface area (Å²) in [5.74, 6) is 0.518. The van der Waals surface area contributed by atoms with Crippen LogP contribution in [0.15, 0.2) is 54.6 Å². The van der Waals surface area contributed by atoms with E-state index in [4.69, 9.17) is 12.2 Å². The van der Waals surface area contributed by atoms with Gasteiger partial charge in [0.15, 0.2) is 5.11 Å². The Balaban J connectivity index is 1.68. The van der Waals surface area contributed by atoms with Crippen molar-refractivity contribution >= 4 is 28.7 Å². The molecule has 5 heteroatoms. The average molecular weight is 379 g/mol. The van der Waals surface area contributed by atoms with Crippen LogP contribution in [-0.4, -0.2) is 14.9 Å². The summed E-state index contributed by atoms with van der Waals surface area (Å²) in [7, 11) is 0. The van der Waals surface area contributed by atoms with E-state index in [9.17, 15) is 0 Å². The van der Waals surface area contributed by atoms with Crippen molar-refractivity contribution in [3.8, 4) is 0 Å². The molecule has 0 aliphatic rings. The molecule has 0 atom stereocenters. The predicted octanol–water partition coefficient (Wildman–Crippen LogP) is 5.48. The third-order valence-corrected chi connectivity index (χ3v) is 4.83. The Morgan fingerprint density at radius 2 is 1.67 bits per heavy atom. The van der Waals surface area contributed by atoms with Crippen molar-refractivity contribution in [2.75, 3.05) is 10.6 Å². The lowest BCUT2D eigenvalue weighted by Gasteiger charge is -2.12. The molecule has 0 saturated carbocycles. The van der Waals surface area contributed by atoms with Gasteiger partial charge in [-0.3, -0.25) is 4.68 Å². The zero-order valence-electron chi connectivity index (χ0n) is 16.3. The second-order valence-corrected chi connectivity index (χ2v) is 7.45. The van der Waals surface area contributed by atoms with Gasteiger partial charge in [0.25, 0.3) is 0 Å². The van der Waals surface area contributed by atoms with Gasteiger partial charge in [-0.2, -0.15) is 5.10 Å². The van der Waals surface area contributed by atoms with Crippen molar-refractivity contribution in [2.45, 2.75) is 40.2 Å². The number of rotatable bonds is 5. The van der Waals surface area contributed by atoms with Crippen LogP contribution in [0.3, 0.4) is 0 Å². The summed E-state index contributed by atoms with van der Waals surface area (Å²) in [5.41, 5.74) is 6.47. The number of nitrogens with zero attached hydrogens (tertiary/aromatic N) is 2. The molecule has 0 unspecified atom stereocenters. The van der Waals surface area contributed by atoms with Gasteiger partial charge in [-0.05, 0) is 55.2 Å². The molecule has 0 aliphatic heterocycles. The van der Waals surface area contributed by atoms with Crippen molar-refractivity contribution in [3.63, 3.8) is 0 Å². The lowest BCUT2D eigenvalue weighted by atomic mass is 10.0. The quantitative estimate of drug-likeness (QED) is 0.577. The number of benzene rings is 2.